The molecule has 1 saturated heterocycles. The van der Waals surface area contributed by atoms with Crippen molar-refractivity contribution in [1.29, 1.82) is 0 Å². The lowest BCUT2D eigenvalue weighted by molar-refractivity contribution is -0.384. The van der Waals surface area contributed by atoms with Crippen LogP contribution >= 0.6 is 0 Å². The number of phenolic OH excluding ortho intramolecular Hbond substituents is 1. The Labute approximate surface area is 156 Å². The lowest BCUT2D eigenvalue weighted by atomic mass is 10.1. The Bertz CT molecular complexity index is 795. The quantitative estimate of drug-likeness (QED) is 0.635. The van der Waals surface area contributed by atoms with Crippen LogP contribution in [0.15, 0.2) is 18.2 Å². The molecule has 1 aromatic heterocycles. The number of aromatic nitrogens is 2. The van der Waals surface area contributed by atoms with Crippen LogP contribution in [0.5, 0.6) is 17.2 Å². The first-order valence-electron chi connectivity index (χ1n) is 8.65. The highest BCUT2D eigenvalue weighted by Crippen LogP contribution is 2.40. The maximum absolute atomic E-state index is 9.82. The molecule has 0 bridgehead atoms. The number of nitrogens with one attached hydrogen (secondary N) is 1. The maximum atomic E-state index is 9.82. The fraction of sp³-hybridized carbons (Fsp3) is 0.444. The third-order valence-electron chi connectivity index (χ3n) is 3.88. The SMILES string of the molecule is CCOc1c(NCCO)nc(-c2ccc(O)c(OC)c2)nc1C1OC(C)O1. The van der Waals surface area contributed by atoms with Gasteiger partial charge in [-0.3, -0.25) is 0 Å². The van der Waals surface area contributed by atoms with Crippen molar-refractivity contribution in [3.8, 4) is 28.6 Å². The molecule has 27 heavy (non-hydrogen) atoms. The minimum atomic E-state index is -0.669. The van der Waals surface area contributed by atoms with Crippen LogP contribution in [0.25, 0.3) is 11.4 Å². The molecule has 3 N–H and O–H groups in total. The first-order valence-corrected chi connectivity index (χ1v) is 8.65. The molecule has 2 heterocycles. The summed E-state index contributed by atoms with van der Waals surface area (Å²) in [6.07, 6.45) is -0.998. The number of anilines is 1. The van der Waals surface area contributed by atoms with Gasteiger partial charge in [0.2, 0.25) is 6.29 Å². The molecular weight excluding hydrogens is 354 g/mol. The predicted octanol–water partition coefficient (Wildman–Crippen LogP) is 2.05. The summed E-state index contributed by atoms with van der Waals surface area (Å²) < 4.78 is 22.1. The summed E-state index contributed by atoms with van der Waals surface area (Å²) in [7, 11) is 1.47. The number of hydrogen-bond donors (Lipinski definition) is 3. The summed E-state index contributed by atoms with van der Waals surface area (Å²) >= 11 is 0. The van der Waals surface area contributed by atoms with Crippen molar-refractivity contribution >= 4 is 5.82 Å². The summed E-state index contributed by atoms with van der Waals surface area (Å²) in [5, 5.41) is 22.0. The Balaban J connectivity index is 2.09. The van der Waals surface area contributed by atoms with Crippen molar-refractivity contribution in [2.75, 3.05) is 32.2 Å². The normalized spacial score (nSPS) is 18.7. The summed E-state index contributed by atoms with van der Waals surface area (Å²) in [5.74, 6) is 1.53. The number of benzene rings is 1. The zero-order valence-electron chi connectivity index (χ0n) is 15.4. The lowest BCUT2D eigenvalue weighted by Crippen LogP contribution is -2.33. The molecule has 0 saturated carbocycles. The molecule has 1 fully saturated rings. The molecule has 1 aliphatic heterocycles. The Kier molecular flexibility index (Phi) is 5.94. The van der Waals surface area contributed by atoms with Crippen LogP contribution in [0.2, 0.25) is 0 Å². The monoisotopic (exact) mass is 377 g/mol. The minimum Gasteiger partial charge on any atom is -0.504 e. The summed E-state index contributed by atoms with van der Waals surface area (Å²) in [6.45, 7) is 4.26. The number of rotatable bonds is 8. The molecule has 9 nitrogen and oxygen atoms in total. The van der Waals surface area contributed by atoms with Crippen LogP contribution in [0.4, 0.5) is 5.82 Å². The van der Waals surface area contributed by atoms with E-state index in [1.807, 2.05) is 6.92 Å². The van der Waals surface area contributed by atoms with Gasteiger partial charge in [-0.1, -0.05) is 0 Å². The molecule has 0 amide bonds. The van der Waals surface area contributed by atoms with Gasteiger partial charge in [0.15, 0.2) is 35.2 Å². The van der Waals surface area contributed by atoms with E-state index in [1.165, 1.54) is 13.2 Å². The van der Waals surface area contributed by atoms with Crippen molar-refractivity contribution in [3.05, 3.63) is 23.9 Å². The smallest absolute Gasteiger partial charge is 0.210 e. The van der Waals surface area contributed by atoms with Gasteiger partial charge in [0.25, 0.3) is 0 Å². The molecule has 0 aliphatic carbocycles. The topological polar surface area (TPSA) is 115 Å². The highest BCUT2D eigenvalue weighted by Gasteiger charge is 2.34. The van der Waals surface area contributed by atoms with E-state index in [1.54, 1.807) is 19.1 Å². The molecule has 0 atom stereocenters. The van der Waals surface area contributed by atoms with Crippen molar-refractivity contribution in [2.45, 2.75) is 26.4 Å². The van der Waals surface area contributed by atoms with Crippen molar-refractivity contribution in [2.24, 2.45) is 0 Å². The van der Waals surface area contributed by atoms with Gasteiger partial charge in [0, 0.05) is 12.1 Å². The van der Waals surface area contributed by atoms with Crippen LogP contribution in [-0.4, -0.2) is 53.3 Å². The summed E-state index contributed by atoms with van der Waals surface area (Å²) in [4.78, 5) is 9.08. The van der Waals surface area contributed by atoms with Crippen LogP contribution in [0.1, 0.15) is 25.8 Å². The first kappa shape index (κ1) is 19.2. The van der Waals surface area contributed by atoms with Crippen LogP contribution in [-0.2, 0) is 9.47 Å². The summed E-state index contributed by atoms with van der Waals surface area (Å²) in [6, 6.07) is 4.82. The lowest BCUT2D eigenvalue weighted by Gasteiger charge is -2.34. The van der Waals surface area contributed by atoms with E-state index < -0.39 is 6.29 Å². The number of aliphatic hydroxyl groups excluding tert-OH is 1. The molecule has 2 aromatic rings. The molecule has 0 unspecified atom stereocenters. The maximum Gasteiger partial charge on any atom is 0.210 e. The minimum absolute atomic E-state index is 0.0190. The number of aliphatic hydroxyl groups is 1. The zero-order chi connectivity index (χ0) is 19.4. The van der Waals surface area contributed by atoms with E-state index in [9.17, 15) is 5.11 Å². The second-order valence-electron chi connectivity index (χ2n) is 5.75. The third kappa shape index (κ3) is 4.05. The first-order chi connectivity index (χ1) is 13.1. The van der Waals surface area contributed by atoms with E-state index >= 15 is 0 Å². The second-order valence-corrected chi connectivity index (χ2v) is 5.75. The van der Waals surface area contributed by atoms with Gasteiger partial charge in [-0.2, -0.15) is 0 Å². The average Bonchev–Trinajstić information content (AvgIpc) is 2.65. The van der Waals surface area contributed by atoms with Gasteiger partial charge >= 0.3 is 0 Å². The van der Waals surface area contributed by atoms with E-state index in [4.69, 9.17) is 24.1 Å². The standard InChI is InChI=1S/C18H23N3O6/c1-4-25-15-14(18-26-10(2)27-18)20-16(21-17(15)19-7-8-22)11-5-6-12(23)13(9-11)24-3/h5-6,9-10,18,22-23H,4,7-8H2,1-3H3,(H,19,20,21). The van der Waals surface area contributed by atoms with Gasteiger partial charge in [0.1, 0.15) is 5.69 Å². The third-order valence-corrected chi connectivity index (χ3v) is 3.88. The molecule has 3 rings (SSSR count). The van der Waals surface area contributed by atoms with E-state index in [-0.39, 0.29) is 25.2 Å². The van der Waals surface area contributed by atoms with Gasteiger partial charge in [0.05, 0.1) is 20.3 Å². The number of ether oxygens (including phenoxy) is 4. The van der Waals surface area contributed by atoms with E-state index in [2.05, 4.69) is 15.3 Å². The highest BCUT2D eigenvalue weighted by atomic mass is 16.9. The number of aromatic hydroxyl groups is 1. The van der Waals surface area contributed by atoms with E-state index in [0.29, 0.717) is 41.0 Å². The molecule has 1 aromatic carbocycles. The zero-order valence-corrected chi connectivity index (χ0v) is 15.4. The fourth-order valence-corrected chi connectivity index (χ4v) is 2.64. The van der Waals surface area contributed by atoms with Gasteiger partial charge in [-0.25, -0.2) is 9.97 Å². The van der Waals surface area contributed by atoms with Crippen LogP contribution < -0.4 is 14.8 Å². The van der Waals surface area contributed by atoms with E-state index in [0.717, 1.165) is 0 Å². The fourth-order valence-electron chi connectivity index (χ4n) is 2.64. The van der Waals surface area contributed by atoms with Crippen LogP contribution in [0, 0.1) is 0 Å². The van der Waals surface area contributed by atoms with Gasteiger partial charge < -0.3 is 34.5 Å². The molecular formula is C18H23N3O6. The van der Waals surface area contributed by atoms with Gasteiger partial charge in [-0.05, 0) is 32.0 Å². The molecule has 9 heteroatoms. The van der Waals surface area contributed by atoms with Gasteiger partial charge in [-0.15, -0.1) is 0 Å². The Morgan fingerprint density at radius 3 is 2.67 bits per heavy atom. The van der Waals surface area contributed by atoms with Crippen molar-refractivity contribution < 1.29 is 29.2 Å². The Hall–Kier alpha value is -2.62. The Morgan fingerprint density at radius 2 is 2.04 bits per heavy atom. The number of hydrogen-bond acceptors (Lipinski definition) is 9. The number of phenols is 1. The van der Waals surface area contributed by atoms with Crippen molar-refractivity contribution in [1.82, 2.24) is 9.97 Å². The van der Waals surface area contributed by atoms with Crippen molar-refractivity contribution in [3.63, 3.8) is 0 Å². The average molecular weight is 377 g/mol. The largest absolute Gasteiger partial charge is 0.504 e. The molecule has 146 valence electrons. The molecule has 0 radical (unpaired) electrons. The summed E-state index contributed by atoms with van der Waals surface area (Å²) in [5.41, 5.74) is 1.08. The van der Waals surface area contributed by atoms with Crippen LogP contribution in [0.3, 0.4) is 0 Å². The predicted molar refractivity (Wildman–Crippen MR) is 96.8 cm³/mol. The molecule has 0 spiro atoms. The molecule has 1 aliphatic rings. The highest BCUT2D eigenvalue weighted by molar-refractivity contribution is 5.65. The second kappa shape index (κ2) is 8.38. The number of nitrogens with zero attached hydrogens (tertiary/aromatic N) is 2. The number of methoxy groups -OCH3 is 1. The Morgan fingerprint density at radius 1 is 1.26 bits per heavy atom.